The maximum atomic E-state index is 12.3. The average molecular weight is 448 g/mol. The van der Waals surface area contributed by atoms with Crippen molar-refractivity contribution in [3.05, 3.63) is 68.0 Å². The summed E-state index contributed by atoms with van der Waals surface area (Å²) in [5.74, 6) is -1.15. The van der Waals surface area contributed by atoms with Gasteiger partial charge in [0.2, 0.25) is 5.78 Å². The van der Waals surface area contributed by atoms with Crippen LogP contribution in [0.4, 0.5) is 11.6 Å². The van der Waals surface area contributed by atoms with Crippen molar-refractivity contribution in [2.24, 2.45) is 0 Å². The van der Waals surface area contributed by atoms with Crippen LogP contribution in [0, 0.1) is 20.2 Å². The van der Waals surface area contributed by atoms with Crippen LogP contribution >= 0.6 is 31.9 Å². The van der Waals surface area contributed by atoms with Gasteiger partial charge in [0.1, 0.15) is 4.92 Å². The number of nitrogens with zero attached hydrogens (tertiary/aromatic N) is 2. The summed E-state index contributed by atoms with van der Waals surface area (Å²) in [7, 11) is 0. The van der Waals surface area contributed by atoms with Crippen LogP contribution in [0.3, 0.4) is 0 Å². The first-order valence-electron chi connectivity index (χ1n) is 6.12. The summed E-state index contributed by atoms with van der Waals surface area (Å²) in [4.78, 5) is 30.9. The van der Waals surface area contributed by atoms with E-state index in [0.29, 0.717) is 5.56 Å². The van der Waals surface area contributed by atoms with Crippen LogP contribution in [0.15, 0.2) is 40.8 Å². The largest absolute Gasteiger partial charge is 0.433 e. The molecule has 1 aromatic carbocycles. The highest BCUT2D eigenvalue weighted by atomic mass is 79.9. The van der Waals surface area contributed by atoms with Gasteiger partial charge in [0.05, 0.1) is 20.6 Å². The molecule has 10 heteroatoms. The highest BCUT2D eigenvalue weighted by Crippen LogP contribution is 2.34. The molecule has 0 aliphatic heterocycles. The molecule has 2 atom stereocenters. The Morgan fingerprint density at radius 2 is 1.61 bits per heavy atom. The first-order chi connectivity index (χ1) is 10.8. The number of nitro groups is 2. The Morgan fingerprint density at radius 1 is 1.00 bits per heavy atom. The number of Topliss-reactive ketones (excluding diaryl/α,β-unsaturated/α-hetero) is 1. The van der Waals surface area contributed by atoms with Gasteiger partial charge in [0.25, 0.3) is 5.69 Å². The summed E-state index contributed by atoms with van der Waals surface area (Å²) in [6.07, 6.45) is 0. The molecule has 0 aliphatic rings. The molecule has 0 amide bonds. The quantitative estimate of drug-likeness (QED) is 0.284. The summed E-state index contributed by atoms with van der Waals surface area (Å²) in [5, 5.41) is 21.2. The van der Waals surface area contributed by atoms with E-state index >= 15 is 0 Å². The standard InChI is InChI=1S/C13H8Br2N2O6/c14-11(7-1-3-8(4-2-7)16(19)20)12(15)13(18)9-5-6-10(23-9)17(21)22/h1-6,11-12H. The molecule has 0 saturated carbocycles. The third-order valence-corrected chi connectivity index (χ3v) is 5.66. The minimum atomic E-state index is -0.769. The van der Waals surface area contributed by atoms with Gasteiger partial charge >= 0.3 is 5.88 Å². The summed E-state index contributed by atoms with van der Waals surface area (Å²) < 4.78 is 4.88. The lowest BCUT2D eigenvalue weighted by atomic mass is 10.1. The molecule has 0 bridgehead atoms. The fraction of sp³-hybridized carbons (Fsp3) is 0.154. The van der Waals surface area contributed by atoms with E-state index in [1.54, 1.807) is 0 Å². The van der Waals surface area contributed by atoms with Gasteiger partial charge < -0.3 is 4.42 Å². The predicted octanol–water partition coefficient (Wildman–Crippen LogP) is 4.18. The number of rotatable bonds is 6. The van der Waals surface area contributed by atoms with Crippen molar-refractivity contribution >= 4 is 49.2 Å². The molecule has 0 saturated heterocycles. The number of carbonyl (C=O) groups is 1. The number of furan rings is 1. The Kier molecular flexibility index (Phi) is 5.26. The fourth-order valence-electron chi connectivity index (χ4n) is 1.78. The van der Waals surface area contributed by atoms with Crippen LogP contribution < -0.4 is 0 Å². The zero-order valence-corrected chi connectivity index (χ0v) is 14.4. The minimum absolute atomic E-state index is 0.0624. The second-order valence-corrected chi connectivity index (χ2v) is 6.38. The Labute approximate surface area is 146 Å². The number of non-ortho nitro benzene ring substituents is 1. The average Bonchev–Trinajstić information content (AvgIpc) is 3.03. The molecule has 8 nitrogen and oxygen atoms in total. The maximum Gasteiger partial charge on any atom is 0.433 e. The Bertz CT molecular complexity index is 758. The van der Waals surface area contributed by atoms with Crippen molar-refractivity contribution in [1.82, 2.24) is 0 Å². The molecule has 2 rings (SSSR count). The second-order valence-electron chi connectivity index (χ2n) is 4.41. The normalized spacial score (nSPS) is 13.3. The first-order valence-corrected chi connectivity index (χ1v) is 7.95. The van der Waals surface area contributed by atoms with Crippen LogP contribution in [0.5, 0.6) is 0 Å². The minimum Gasteiger partial charge on any atom is -0.397 e. The summed E-state index contributed by atoms with van der Waals surface area (Å²) in [6.45, 7) is 0. The molecular formula is C13H8Br2N2O6. The van der Waals surface area contributed by atoms with E-state index in [9.17, 15) is 25.0 Å². The van der Waals surface area contributed by atoms with Gasteiger partial charge in [0, 0.05) is 12.1 Å². The third-order valence-electron chi connectivity index (χ3n) is 2.94. The zero-order valence-electron chi connectivity index (χ0n) is 11.2. The van der Waals surface area contributed by atoms with Crippen LogP contribution in [0.25, 0.3) is 0 Å². The summed E-state index contributed by atoms with van der Waals surface area (Å²) in [6, 6.07) is 8.01. The van der Waals surface area contributed by atoms with Gasteiger partial charge in [-0.1, -0.05) is 44.0 Å². The Balaban J connectivity index is 2.17. The molecule has 0 spiro atoms. The number of halogens is 2. The van der Waals surface area contributed by atoms with Crippen LogP contribution in [0.1, 0.15) is 20.9 Å². The van der Waals surface area contributed by atoms with Gasteiger partial charge in [0.15, 0.2) is 5.76 Å². The Morgan fingerprint density at radius 3 is 2.09 bits per heavy atom. The summed E-state index contributed by atoms with van der Waals surface area (Å²) in [5.41, 5.74) is 0.569. The topological polar surface area (TPSA) is 116 Å². The third kappa shape index (κ3) is 3.82. The van der Waals surface area contributed by atoms with Crippen LogP contribution in [-0.4, -0.2) is 20.5 Å². The predicted molar refractivity (Wildman–Crippen MR) is 87.2 cm³/mol. The molecule has 2 aromatic rings. The van der Waals surface area contributed by atoms with Crippen molar-refractivity contribution in [1.29, 1.82) is 0 Å². The second kappa shape index (κ2) is 7.01. The molecule has 23 heavy (non-hydrogen) atoms. The highest BCUT2D eigenvalue weighted by Gasteiger charge is 2.29. The van der Waals surface area contributed by atoms with Gasteiger partial charge in [-0.05, 0) is 11.6 Å². The summed E-state index contributed by atoms with van der Waals surface area (Å²) >= 11 is 6.55. The van der Waals surface area contributed by atoms with E-state index in [4.69, 9.17) is 4.42 Å². The molecule has 0 aliphatic carbocycles. The van der Waals surface area contributed by atoms with Crippen LogP contribution in [-0.2, 0) is 0 Å². The molecule has 0 N–H and O–H groups in total. The fourth-order valence-corrected chi connectivity index (χ4v) is 2.85. The molecule has 1 aromatic heterocycles. The van der Waals surface area contributed by atoms with Crippen molar-refractivity contribution in [2.75, 3.05) is 0 Å². The zero-order chi connectivity index (χ0) is 17.1. The van der Waals surface area contributed by atoms with Crippen molar-refractivity contribution < 1.29 is 19.1 Å². The molecule has 2 unspecified atom stereocenters. The molecule has 0 radical (unpaired) electrons. The first kappa shape index (κ1) is 17.3. The number of hydrogen-bond donors (Lipinski definition) is 0. The lowest BCUT2D eigenvalue weighted by Gasteiger charge is -2.14. The number of ketones is 1. The lowest BCUT2D eigenvalue weighted by molar-refractivity contribution is -0.402. The number of hydrogen-bond acceptors (Lipinski definition) is 6. The molecule has 0 fully saturated rings. The SMILES string of the molecule is O=C(c1ccc([N+](=O)[O-])o1)C(Br)C(Br)c1ccc([N+](=O)[O-])cc1. The molecule has 1 heterocycles. The van der Waals surface area contributed by atoms with Crippen LogP contribution in [0.2, 0.25) is 0 Å². The number of carbonyl (C=O) groups excluding carboxylic acids is 1. The van der Waals surface area contributed by atoms with Gasteiger partial charge in [-0.15, -0.1) is 0 Å². The monoisotopic (exact) mass is 446 g/mol. The number of nitro benzene ring substituents is 1. The van der Waals surface area contributed by atoms with E-state index < -0.39 is 31.2 Å². The number of benzene rings is 1. The van der Waals surface area contributed by atoms with Crippen molar-refractivity contribution in [3.8, 4) is 0 Å². The molecular weight excluding hydrogens is 440 g/mol. The van der Waals surface area contributed by atoms with Gasteiger partial charge in [-0.3, -0.25) is 25.0 Å². The smallest absolute Gasteiger partial charge is 0.397 e. The van der Waals surface area contributed by atoms with Crippen molar-refractivity contribution in [2.45, 2.75) is 9.65 Å². The van der Waals surface area contributed by atoms with Gasteiger partial charge in [-0.25, -0.2) is 0 Å². The maximum absolute atomic E-state index is 12.3. The van der Waals surface area contributed by atoms with E-state index in [-0.39, 0.29) is 11.4 Å². The van der Waals surface area contributed by atoms with E-state index in [2.05, 4.69) is 31.9 Å². The highest BCUT2D eigenvalue weighted by molar-refractivity contribution is 9.12. The van der Waals surface area contributed by atoms with Crippen molar-refractivity contribution in [3.63, 3.8) is 0 Å². The number of alkyl halides is 2. The van der Waals surface area contributed by atoms with E-state index in [1.165, 1.54) is 30.3 Å². The lowest BCUT2D eigenvalue weighted by Crippen LogP contribution is -2.18. The molecule has 120 valence electrons. The van der Waals surface area contributed by atoms with E-state index in [0.717, 1.165) is 6.07 Å². The van der Waals surface area contributed by atoms with E-state index in [1.807, 2.05) is 0 Å². The Hall–Kier alpha value is -2.07. The van der Waals surface area contributed by atoms with Gasteiger partial charge in [-0.2, -0.15) is 0 Å².